The van der Waals surface area contributed by atoms with Crippen LogP contribution in [-0.2, 0) is 4.79 Å². The third-order valence-electron chi connectivity index (χ3n) is 6.38. The highest BCUT2D eigenvalue weighted by Crippen LogP contribution is 2.37. The Bertz CT molecular complexity index is 1300. The van der Waals surface area contributed by atoms with E-state index in [1.807, 2.05) is 17.0 Å². The van der Waals surface area contributed by atoms with Crippen LogP contribution in [0, 0.1) is 17.1 Å². The maximum atomic E-state index is 15.1. The SMILES string of the molecule is CN[C@H](CC(=O)N1CCN(c2nc(N)c3cc(OC)c(OC)c(F)c3n2)CC1)c1ccc(C#N)cc1. The Balaban J connectivity index is 1.46. The molecule has 1 atom stereocenters. The van der Waals surface area contributed by atoms with Crippen molar-refractivity contribution in [3.05, 3.63) is 47.3 Å². The number of anilines is 2. The molecule has 3 aromatic rings. The first-order valence-electron chi connectivity index (χ1n) is 11.5. The molecule has 1 aliphatic heterocycles. The molecule has 188 valence electrons. The number of carbonyl (C=O) groups excluding carboxylic acids is 1. The van der Waals surface area contributed by atoms with Gasteiger partial charge in [-0.3, -0.25) is 4.79 Å². The van der Waals surface area contributed by atoms with Crippen molar-refractivity contribution < 1.29 is 18.7 Å². The molecule has 1 amide bonds. The van der Waals surface area contributed by atoms with E-state index in [0.29, 0.717) is 43.1 Å². The first-order chi connectivity index (χ1) is 17.4. The van der Waals surface area contributed by atoms with Crippen molar-refractivity contribution in [2.24, 2.45) is 0 Å². The van der Waals surface area contributed by atoms with Gasteiger partial charge in [-0.1, -0.05) is 12.1 Å². The first kappa shape index (κ1) is 24.9. The van der Waals surface area contributed by atoms with Gasteiger partial charge in [-0.15, -0.1) is 0 Å². The predicted molar refractivity (Wildman–Crippen MR) is 133 cm³/mol. The quantitative estimate of drug-likeness (QED) is 0.509. The smallest absolute Gasteiger partial charge is 0.228 e. The summed E-state index contributed by atoms with van der Waals surface area (Å²) in [6.45, 7) is 1.90. The van der Waals surface area contributed by atoms with Gasteiger partial charge in [0.15, 0.2) is 17.3 Å². The number of nitrogen functional groups attached to an aromatic ring is 1. The highest BCUT2D eigenvalue weighted by molar-refractivity contribution is 5.92. The molecule has 11 heteroatoms. The van der Waals surface area contributed by atoms with E-state index in [9.17, 15) is 4.79 Å². The van der Waals surface area contributed by atoms with Crippen LogP contribution in [0.15, 0.2) is 30.3 Å². The lowest BCUT2D eigenvalue weighted by Gasteiger charge is -2.35. The maximum Gasteiger partial charge on any atom is 0.228 e. The van der Waals surface area contributed by atoms with Gasteiger partial charge in [0.05, 0.1) is 25.9 Å². The summed E-state index contributed by atoms with van der Waals surface area (Å²) < 4.78 is 25.4. The van der Waals surface area contributed by atoms with Crippen molar-refractivity contribution in [1.82, 2.24) is 20.2 Å². The Morgan fingerprint density at radius 1 is 1.19 bits per heavy atom. The number of nitrogens with zero attached hydrogens (tertiary/aromatic N) is 5. The van der Waals surface area contributed by atoms with Crippen LogP contribution < -0.4 is 25.4 Å². The van der Waals surface area contributed by atoms with Gasteiger partial charge in [0.2, 0.25) is 11.9 Å². The summed E-state index contributed by atoms with van der Waals surface area (Å²) >= 11 is 0. The lowest BCUT2D eigenvalue weighted by molar-refractivity contribution is -0.132. The standard InChI is InChI=1S/C25H28FN7O3/c1-29-18(16-6-4-15(14-27)5-7-16)13-20(34)32-8-10-33(11-9-32)25-30-22-17(24(28)31-25)12-19(35-2)23(36-3)21(22)26/h4-7,12,18,29H,8-11,13H2,1-3H3,(H2,28,30,31)/t18-/m1/s1. The molecule has 10 nitrogen and oxygen atoms in total. The molecule has 0 spiro atoms. The molecule has 36 heavy (non-hydrogen) atoms. The number of ether oxygens (including phenoxy) is 2. The van der Waals surface area contributed by atoms with Crippen LogP contribution in [-0.4, -0.2) is 68.2 Å². The van der Waals surface area contributed by atoms with Crippen molar-refractivity contribution in [2.45, 2.75) is 12.5 Å². The Morgan fingerprint density at radius 2 is 1.89 bits per heavy atom. The lowest BCUT2D eigenvalue weighted by Crippen LogP contribution is -2.49. The molecule has 4 rings (SSSR count). The fraction of sp³-hybridized carbons (Fsp3) is 0.360. The number of methoxy groups -OCH3 is 2. The molecule has 1 fully saturated rings. The molecule has 1 saturated heterocycles. The van der Waals surface area contributed by atoms with Gasteiger partial charge in [-0.05, 0) is 30.8 Å². The van der Waals surface area contributed by atoms with E-state index in [4.69, 9.17) is 20.5 Å². The van der Waals surface area contributed by atoms with Crippen LogP contribution in [0.25, 0.3) is 10.9 Å². The van der Waals surface area contributed by atoms with E-state index in [1.54, 1.807) is 30.1 Å². The topological polar surface area (TPSA) is 130 Å². The highest BCUT2D eigenvalue weighted by Gasteiger charge is 2.26. The third-order valence-corrected chi connectivity index (χ3v) is 6.38. The summed E-state index contributed by atoms with van der Waals surface area (Å²) in [6, 6.07) is 10.7. The molecule has 1 aromatic heterocycles. The second kappa shape index (κ2) is 10.6. The van der Waals surface area contributed by atoms with Gasteiger partial charge in [-0.2, -0.15) is 10.2 Å². The third kappa shape index (κ3) is 4.81. The lowest BCUT2D eigenvalue weighted by atomic mass is 10.0. The average molecular weight is 494 g/mol. The van der Waals surface area contributed by atoms with Crippen LogP contribution in [0.2, 0.25) is 0 Å². The first-order valence-corrected chi connectivity index (χ1v) is 11.5. The Kier molecular flexibility index (Phi) is 7.36. The average Bonchev–Trinajstić information content (AvgIpc) is 2.91. The van der Waals surface area contributed by atoms with E-state index in [-0.39, 0.29) is 41.2 Å². The molecular formula is C25H28FN7O3. The molecule has 0 bridgehead atoms. The minimum Gasteiger partial charge on any atom is -0.493 e. The van der Waals surface area contributed by atoms with Crippen LogP contribution >= 0.6 is 0 Å². The zero-order chi connectivity index (χ0) is 25.8. The molecule has 0 aliphatic carbocycles. The minimum absolute atomic E-state index is 0.0141. The molecule has 0 saturated carbocycles. The Labute approximate surface area is 208 Å². The van der Waals surface area contributed by atoms with Gasteiger partial charge in [0.25, 0.3) is 0 Å². The summed E-state index contributed by atoms with van der Waals surface area (Å²) in [5, 5.41) is 12.5. The Hall–Kier alpha value is -4.17. The number of halogens is 1. The molecule has 0 unspecified atom stereocenters. The summed E-state index contributed by atoms with van der Waals surface area (Å²) in [6.07, 6.45) is 0.286. The number of rotatable bonds is 7. The number of hydrogen-bond acceptors (Lipinski definition) is 9. The zero-order valence-corrected chi connectivity index (χ0v) is 20.4. The number of aromatic nitrogens is 2. The number of nitriles is 1. The number of nitrogens with two attached hydrogens (primary N) is 1. The van der Waals surface area contributed by atoms with Crippen LogP contribution in [0.4, 0.5) is 16.2 Å². The van der Waals surface area contributed by atoms with E-state index < -0.39 is 5.82 Å². The molecule has 1 aliphatic rings. The highest BCUT2D eigenvalue weighted by atomic mass is 19.1. The van der Waals surface area contributed by atoms with Crippen LogP contribution in [0.1, 0.15) is 23.6 Å². The number of piperazine rings is 1. The number of hydrogen-bond donors (Lipinski definition) is 2. The van der Waals surface area contributed by atoms with Crippen molar-refractivity contribution >= 4 is 28.6 Å². The monoisotopic (exact) mass is 493 g/mol. The van der Waals surface area contributed by atoms with Crippen LogP contribution in [0.3, 0.4) is 0 Å². The van der Waals surface area contributed by atoms with Crippen molar-refractivity contribution in [1.29, 1.82) is 5.26 Å². The molecular weight excluding hydrogens is 465 g/mol. The summed E-state index contributed by atoms with van der Waals surface area (Å²) in [5.41, 5.74) is 7.70. The molecule has 0 radical (unpaired) electrons. The summed E-state index contributed by atoms with van der Waals surface area (Å²) in [5.74, 6) is -0.0713. The van der Waals surface area contributed by atoms with Gasteiger partial charge >= 0.3 is 0 Å². The largest absolute Gasteiger partial charge is 0.493 e. The Morgan fingerprint density at radius 3 is 2.47 bits per heavy atom. The van der Waals surface area contributed by atoms with E-state index in [2.05, 4.69) is 21.4 Å². The van der Waals surface area contributed by atoms with E-state index >= 15 is 4.39 Å². The molecule has 2 heterocycles. The normalized spacial score (nSPS) is 14.4. The summed E-state index contributed by atoms with van der Waals surface area (Å²) in [4.78, 5) is 25.5. The summed E-state index contributed by atoms with van der Waals surface area (Å²) in [7, 11) is 4.58. The van der Waals surface area contributed by atoms with E-state index in [0.717, 1.165) is 5.56 Å². The number of fused-ring (bicyclic) bond motifs is 1. The number of amides is 1. The minimum atomic E-state index is -0.670. The van der Waals surface area contributed by atoms with Gasteiger partial charge in [-0.25, -0.2) is 9.37 Å². The maximum absolute atomic E-state index is 15.1. The number of nitrogens with one attached hydrogen (secondary N) is 1. The fourth-order valence-corrected chi connectivity index (χ4v) is 4.32. The molecule has 3 N–H and O–H groups in total. The van der Waals surface area contributed by atoms with Crippen LogP contribution in [0.5, 0.6) is 11.5 Å². The number of carbonyl (C=O) groups is 1. The van der Waals surface area contributed by atoms with E-state index in [1.165, 1.54) is 14.2 Å². The zero-order valence-electron chi connectivity index (χ0n) is 20.4. The fourth-order valence-electron chi connectivity index (χ4n) is 4.32. The second-order valence-corrected chi connectivity index (χ2v) is 8.38. The predicted octanol–water partition coefficient (Wildman–Crippen LogP) is 2.24. The number of benzene rings is 2. The second-order valence-electron chi connectivity index (χ2n) is 8.38. The van der Waals surface area contributed by atoms with Crippen molar-refractivity contribution in [2.75, 3.05) is 58.1 Å². The molecule has 2 aromatic carbocycles. The van der Waals surface area contributed by atoms with Gasteiger partial charge < -0.3 is 30.3 Å². The van der Waals surface area contributed by atoms with Crippen molar-refractivity contribution in [3.63, 3.8) is 0 Å². The van der Waals surface area contributed by atoms with Gasteiger partial charge in [0, 0.05) is 44.0 Å². The van der Waals surface area contributed by atoms with Crippen molar-refractivity contribution in [3.8, 4) is 17.6 Å². The van der Waals surface area contributed by atoms with Gasteiger partial charge in [0.1, 0.15) is 11.3 Å².